The Kier molecular flexibility index (Phi) is 4.44. The smallest absolute Gasteiger partial charge is 0.176 e. The SMILES string of the molecule is CN1CCCN(CC(=O)c2ccc(F)cc2)CC1. The second-order valence-corrected chi connectivity index (χ2v) is 4.86. The number of likely N-dealkylation sites (N-methyl/N-ethyl adjacent to an activating group) is 1. The van der Waals surface area contributed by atoms with Gasteiger partial charge in [0.2, 0.25) is 0 Å². The molecule has 0 atom stereocenters. The standard InChI is InChI=1S/C14H19FN2O/c1-16-7-2-8-17(10-9-16)11-14(18)12-3-5-13(15)6-4-12/h3-6H,2,7-11H2,1H3. The van der Waals surface area contributed by atoms with Crippen LogP contribution in [0, 0.1) is 5.82 Å². The fraction of sp³-hybridized carbons (Fsp3) is 0.500. The van der Waals surface area contributed by atoms with Crippen molar-refractivity contribution in [3.8, 4) is 0 Å². The number of Topliss-reactive ketones (excluding diaryl/α,β-unsaturated/α-hetero) is 1. The van der Waals surface area contributed by atoms with Crippen LogP contribution < -0.4 is 0 Å². The van der Waals surface area contributed by atoms with Crippen molar-refractivity contribution in [2.24, 2.45) is 0 Å². The number of halogens is 1. The molecule has 0 N–H and O–H groups in total. The zero-order valence-electron chi connectivity index (χ0n) is 10.7. The summed E-state index contributed by atoms with van der Waals surface area (Å²) in [5.41, 5.74) is 0.592. The normalized spacial score (nSPS) is 18.6. The van der Waals surface area contributed by atoms with E-state index in [4.69, 9.17) is 0 Å². The Labute approximate surface area is 107 Å². The van der Waals surface area contributed by atoms with Crippen molar-refractivity contribution >= 4 is 5.78 Å². The van der Waals surface area contributed by atoms with Crippen molar-refractivity contribution in [1.29, 1.82) is 0 Å². The quantitative estimate of drug-likeness (QED) is 0.762. The first-order chi connectivity index (χ1) is 8.65. The minimum atomic E-state index is -0.303. The molecule has 0 radical (unpaired) electrons. The number of carbonyl (C=O) groups is 1. The molecule has 0 aromatic heterocycles. The predicted octanol–water partition coefficient (Wildman–Crippen LogP) is 1.65. The van der Waals surface area contributed by atoms with Crippen LogP contribution in [0.15, 0.2) is 24.3 Å². The first kappa shape index (κ1) is 13.2. The van der Waals surface area contributed by atoms with Crippen LogP contribution in [0.4, 0.5) is 4.39 Å². The van der Waals surface area contributed by atoms with E-state index in [9.17, 15) is 9.18 Å². The van der Waals surface area contributed by atoms with Crippen LogP contribution >= 0.6 is 0 Å². The average Bonchev–Trinajstić information content (AvgIpc) is 2.55. The zero-order valence-corrected chi connectivity index (χ0v) is 10.7. The van der Waals surface area contributed by atoms with Crippen LogP contribution in [0.2, 0.25) is 0 Å². The van der Waals surface area contributed by atoms with Gasteiger partial charge in [0.25, 0.3) is 0 Å². The summed E-state index contributed by atoms with van der Waals surface area (Å²) in [4.78, 5) is 16.5. The molecule has 3 nitrogen and oxygen atoms in total. The first-order valence-corrected chi connectivity index (χ1v) is 6.35. The third kappa shape index (κ3) is 3.62. The number of nitrogens with zero attached hydrogens (tertiary/aromatic N) is 2. The van der Waals surface area contributed by atoms with E-state index in [0.29, 0.717) is 12.1 Å². The van der Waals surface area contributed by atoms with Gasteiger partial charge in [-0.25, -0.2) is 4.39 Å². The first-order valence-electron chi connectivity index (χ1n) is 6.35. The molecule has 1 saturated heterocycles. The van der Waals surface area contributed by atoms with Gasteiger partial charge in [0.15, 0.2) is 5.78 Å². The van der Waals surface area contributed by atoms with Gasteiger partial charge >= 0.3 is 0 Å². The maximum atomic E-state index is 12.8. The highest BCUT2D eigenvalue weighted by Gasteiger charge is 2.15. The molecule has 1 fully saturated rings. The fourth-order valence-corrected chi connectivity index (χ4v) is 2.19. The maximum absolute atomic E-state index is 12.8. The van der Waals surface area contributed by atoms with Gasteiger partial charge in [-0.05, 0) is 50.8 Å². The molecule has 1 aromatic rings. The summed E-state index contributed by atoms with van der Waals surface area (Å²) < 4.78 is 12.8. The van der Waals surface area contributed by atoms with Crippen LogP contribution in [0.3, 0.4) is 0 Å². The van der Waals surface area contributed by atoms with E-state index in [1.54, 1.807) is 12.1 Å². The van der Waals surface area contributed by atoms with Crippen molar-refractivity contribution in [2.75, 3.05) is 39.8 Å². The molecular formula is C14H19FN2O. The van der Waals surface area contributed by atoms with Crippen LogP contribution in [-0.4, -0.2) is 55.4 Å². The van der Waals surface area contributed by atoms with Crippen LogP contribution in [0.25, 0.3) is 0 Å². The van der Waals surface area contributed by atoms with Crippen molar-refractivity contribution in [3.05, 3.63) is 35.6 Å². The summed E-state index contributed by atoms with van der Waals surface area (Å²) in [7, 11) is 2.10. The third-order valence-corrected chi connectivity index (χ3v) is 3.35. The number of hydrogen-bond acceptors (Lipinski definition) is 3. The monoisotopic (exact) mass is 250 g/mol. The van der Waals surface area contributed by atoms with Crippen LogP contribution in [0.5, 0.6) is 0 Å². The molecule has 0 bridgehead atoms. The molecule has 0 aliphatic carbocycles. The molecule has 0 amide bonds. The Morgan fingerprint density at radius 2 is 1.89 bits per heavy atom. The van der Waals surface area contributed by atoms with Crippen molar-refractivity contribution in [3.63, 3.8) is 0 Å². The molecule has 2 rings (SSSR count). The molecule has 1 aromatic carbocycles. The van der Waals surface area contributed by atoms with Gasteiger partial charge < -0.3 is 4.90 Å². The van der Waals surface area contributed by atoms with E-state index in [0.717, 1.165) is 32.6 Å². The van der Waals surface area contributed by atoms with E-state index < -0.39 is 0 Å². The molecule has 0 saturated carbocycles. The van der Waals surface area contributed by atoms with Crippen molar-refractivity contribution in [1.82, 2.24) is 9.80 Å². The summed E-state index contributed by atoms with van der Waals surface area (Å²) in [5, 5.41) is 0. The van der Waals surface area contributed by atoms with Gasteiger partial charge in [-0.15, -0.1) is 0 Å². The average molecular weight is 250 g/mol. The highest BCUT2D eigenvalue weighted by Crippen LogP contribution is 2.07. The van der Waals surface area contributed by atoms with E-state index in [1.807, 2.05) is 0 Å². The van der Waals surface area contributed by atoms with Crippen molar-refractivity contribution in [2.45, 2.75) is 6.42 Å². The number of carbonyl (C=O) groups excluding carboxylic acids is 1. The Morgan fingerprint density at radius 1 is 1.17 bits per heavy atom. The second kappa shape index (κ2) is 6.07. The Morgan fingerprint density at radius 3 is 2.61 bits per heavy atom. The van der Waals surface area contributed by atoms with Gasteiger partial charge in [0.1, 0.15) is 5.82 Å². The lowest BCUT2D eigenvalue weighted by atomic mass is 10.1. The molecule has 98 valence electrons. The summed E-state index contributed by atoms with van der Waals surface area (Å²) in [6.45, 7) is 4.39. The lowest BCUT2D eigenvalue weighted by Gasteiger charge is -2.19. The molecule has 1 aliphatic heterocycles. The van der Waals surface area contributed by atoms with E-state index in [-0.39, 0.29) is 11.6 Å². The van der Waals surface area contributed by atoms with E-state index >= 15 is 0 Å². The molecule has 0 unspecified atom stereocenters. The molecule has 4 heteroatoms. The Balaban J connectivity index is 1.92. The second-order valence-electron chi connectivity index (χ2n) is 4.86. The number of ketones is 1. The largest absolute Gasteiger partial charge is 0.305 e. The van der Waals surface area contributed by atoms with Gasteiger partial charge in [0.05, 0.1) is 6.54 Å². The zero-order chi connectivity index (χ0) is 13.0. The Hall–Kier alpha value is -1.26. The minimum absolute atomic E-state index is 0.0690. The summed E-state index contributed by atoms with van der Waals surface area (Å²) in [6.07, 6.45) is 1.09. The molecule has 1 aliphatic rings. The van der Waals surface area contributed by atoms with Gasteiger partial charge in [-0.2, -0.15) is 0 Å². The number of hydrogen-bond donors (Lipinski definition) is 0. The van der Waals surface area contributed by atoms with Gasteiger partial charge in [-0.3, -0.25) is 9.69 Å². The molecule has 0 spiro atoms. The summed E-state index contributed by atoms with van der Waals surface area (Å²) in [6, 6.07) is 5.79. The fourth-order valence-electron chi connectivity index (χ4n) is 2.19. The third-order valence-electron chi connectivity index (χ3n) is 3.35. The number of rotatable bonds is 3. The maximum Gasteiger partial charge on any atom is 0.176 e. The highest BCUT2D eigenvalue weighted by molar-refractivity contribution is 5.97. The highest BCUT2D eigenvalue weighted by atomic mass is 19.1. The lowest BCUT2D eigenvalue weighted by Crippen LogP contribution is -2.33. The minimum Gasteiger partial charge on any atom is -0.305 e. The lowest BCUT2D eigenvalue weighted by molar-refractivity contribution is 0.0933. The molecule has 18 heavy (non-hydrogen) atoms. The van der Waals surface area contributed by atoms with Gasteiger partial charge in [0, 0.05) is 18.7 Å². The molecule has 1 heterocycles. The molecular weight excluding hydrogens is 231 g/mol. The van der Waals surface area contributed by atoms with Gasteiger partial charge in [-0.1, -0.05) is 0 Å². The Bertz CT molecular complexity index is 405. The number of benzene rings is 1. The van der Waals surface area contributed by atoms with E-state index in [2.05, 4.69) is 16.8 Å². The van der Waals surface area contributed by atoms with Crippen LogP contribution in [0.1, 0.15) is 16.8 Å². The van der Waals surface area contributed by atoms with E-state index in [1.165, 1.54) is 12.1 Å². The topological polar surface area (TPSA) is 23.6 Å². The van der Waals surface area contributed by atoms with Crippen LogP contribution in [-0.2, 0) is 0 Å². The van der Waals surface area contributed by atoms with Crippen molar-refractivity contribution < 1.29 is 9.18 Å². The summed E-state index contributed by atoms with van der Waals surface area (Å²) >= 11 is 0. The predicted molar refractivity (Wildman–Crippen MR) is 69.3 cm³/mol. The summed E-state index contributed by atoms with van der Waals surface area (Å²) in [5.74, 6) is -0.234.